The van der Waals surface area contributed by atoms with Crippen LogP contribution in [-0.2, 0) is 10.0 Å². The highest BCUT2D eigenvalue weighted by Gasteiger charge is 2.32. The Labute approximate surface area is 109 Å². The second kappa shape index (κ2) is 5.00. The summed E-state index contributed by atoms with van der Waals surface area (Å²) in [5, 5.41) is 8.85. The maximum absolute atomic E-state index is 12.2. The molecule has 18 heavy (non-hydrogen) atoms. The molecule has 6 nitrogen and oxygen atoms in total. The summed E-state index contributed by atoms with van der Waals surface area (Å²) in [6.07, 6.45) is 1.77. The molecule has 0 saturated carbocycles. The molecule has 0 amide bonds. The molecule has 1 aromatic heterocycles. The van der Waals surface area contributed by atoms with E-state index in [0.29, 0.717) is 13.0 Å². The van der Waals surface area contributed by atoms with Gasteiger partial charge in [-0.3, -0.25) is 4.79 Å². The van der Waals surface area contributed by atoms with E-state index in [4.69, 9.17) is 16.7 Å². The van der Waals surface area contributed by atoms with E-state index in [1.807, 2.05) is 0 Å². The number of aromatic nitrogens is 1. The summed E-state index contributed by atoms with van der Waals surface area (Å²) in [5.74, 6) is -0.0296. The molecule has 0 spiro atoms. The number of rotatable bonds is 3. The van der Waals surface area contributed by atoms with Gasteiger partial charge in [-0.25, -0.2) is 8.42 Å². The number of H-pyrrole nitrogens is 1. The number of halogens is 1. The second-order valence-electron chi connectivity index (χ2n) is 4.21. The summed E-state index contributed by atoms with van der Waals surface area (Å²) < 4.78 is 25.7. The number of aliphatic hydroxyl groups excluding tert-OH is 1. The number of pyridine rings is 1. The molecule has 0 bridgehead atoms. The first kappa shape index (κ1) is 13.5. The number of nitrogens with zero attached hydrogens (tertiary/aromatic N) is 1. The molecule has 1 fully saturated rings. The lowest BCUT2D eigenvalue weighted by Crippen LogP contribution is -2.29. The topological polar surface area (TPSA) is 90.5 Å². The number of aromatic amines is 1. The largest absolute Gasteiger partial charge is 0.396 e. The maximum Gasteiger partial charge on any atom is 0.266 e. The summed E-state index contributed by atoms with van der Waals surface area (Å²) in [7, 11) is -3.65. The van der Waals surface area contributed by atoms with Crippen molar-refractivity contribution in [3.63, 3.8) is 0 Å². The van der Waals surface area contributed by atoms with E-state index in [1.165, 1.54) is 4.31 Å². The Morgan fingerprint density at radius 3 is 2.83 bits per heavy atom. The van der Waals surface area contributed by atoms with Crippen LogP contribution in [0.5, 0.6) is 0 Å². The van der Waals surface area contributed by atoms with Crippen LogP contribution in [-0.4, -0.2) is 42.5 Å². The third-order valence-electron chi connectivity index (χ3n) is 2.98. The first-order valence-electron chi connectivity index (χ1n) is 5.44. The Kier molecular flexibility index (Phi) is 3.76. The van der Waals surface area contributed by atoms with Crippen molar-refractivity contribution in [1.29, 1.82) is 0 Å². The highest BCUT2D eigenvalue weighted by molar-refractivity contribution is 7.89. The van der Waals surface area contributed by atoms with Crippen LogP contribution in [0.3, 0.4) is 0 Å². The molecule has 100 valence electrons. The fourth-order valence-corrected chi connectivity index (χ4v) is 3.66. The fourth-order valence-electron chi connectivity index (χ4n) is 1.90. The van der Waals surface area contributed by atoms with E-state index in [-0.39, 0.29) is 29.0 Å². The summed E-state index contributed by atoms with van der Waals surface area (Å²) in [4.78, 5) is 13.3. The van der Waals surface area contributed by atoms with Crippen LogP contribution >= 0.6 is 11.6 Å². The molecule has 1 saturated heterocycles. The predicted octanol–water partition coefficient (Wildman–Crippen LogP) is 0.0312. The first-order chi connectivity index (χ1) is 8.45. The zero-order valence-electron chi connectivity index (χ0n) is 9.47. The van der Waals surface area contributed by atoms with Gasteiger partial charge >= 0.3 is 0 Å². The minimum atomic E-state index is -3.65. The minimum absolute atomic E-state index is 0.0294. The Morgan fingerprint density at radius 2 is 2.28 bits per heavy atom. The molecular weight excluding hydrogens is 280 g/mol. The van der Waals surface area contributed by atoms with E-state index in [9.17, 15) is 13.2 Å². The first-order valence-corrected chi connectivity index (χ1v) is 7.26. The van der Waals surface area contributed by atoms with Gasteiger partial charge in [0.05, 0.1) is 4.90 Å². The Hall–Kier alpha value is -0.890. The number of hydrogen-bond donors (Lipinski definition) is 2. The van der Waals surface area contributed by atoms with Gasteiger partial charge in [-0.05, 0) is 18.4 Å². The number of hydrogen-bond acceptors (Lipinski definition) is 4. The third kappa shape index (κ3) is 2.44. The zero-order chi connectivity index (χ0) is 13.3. The standard InChI is InChI=1S/C10H13ClN2O4S/c11-9-3-8(4-12-10(9)15)18(16,17)13-2-1-7(5-13)6-14/h3-4,7,14H,1-2,5-6H2,(H,12,15). The van der Waals surface area contributed by atoms with Gasteiger partial charge in [0.2, 0.25) is 10.0 Å². The number of aliphatic hydroxyl groups is 1. The van der Waals surface area contributed by atoms with Crippen LogP contribution in [0, 0.1) is 5.92 Å². The Bertz CT molecular complexity index is 598. The van der Waals surface area contributed by atoms with E-state index < -0.39 is 15.6 Å². The van der Waals surface area contributed by atoms with Gasteiger partial charge in [0.15, 0.2) is 0 Å². The van der Waals surface area contributed by atoms with Crippen molar-refractivity contribution in [3.05, 3.63) is 27.6 Å². The van der Waals surface area contributed by atoms with Crippen LogP contribution < -0.4 is 5.56 Å². The highest BCUT2D eigenvalue weighted by atomic mass is 35.5. The van der Waals surface area contributed by atoms with Crippen LogP contribution in [0.2, 0.25) is 5.02 Å². The van der Waals surface area contributed by atoms with Crippen molar-refractivity contribution >= 4 is 21.6 Å². The van der Waals surface area contributed by atoms with E-state index in [2.05, 4.69) is 4.98 Å². The molecule has 0 radical (unpaired) electrons. The molecule has 1 aliphatic heterocycles. The molecule has 0 aliphatic carbocycles. The van der Waals surface area contributed by atoms with E-state index in [1.54, 1.807) is 0 Å². The third-order valence-corrected chi connectivity index (χ3v) is 5.10. The second-order valence-corrected chi connectivity index (χ2v) is 6.56. The molecule has 2 N–H and O–H groups in total. The van der Waals surface area contributed by atoms with Crippen LogP contribution in [0.15, 0.2) is 22.0 Å². The molecular formula is C10H13ClN2O4S. The number of nitrogens with one attached hydrogen (secondary N) is 1. The van der Waals surface area contributed by atoms with E-state index >= 15 is 0 Å². The minimum Gasteiger partial charge on any atom is -0.396 e. The smallest absolute Gasteiger partial charge is 0.266 e. The summed E-state index contributed by atoms with van der Waals surface area (Å²) >= 11 is 5.62. The molecule has 1 aliphatic rings. The summed E-state index contributed by atoms with van der Waals surface area (Å²) in [6.45, 7) is 0.623. The van der Waals surface area contributed by atoms with Crippen molar-refractivity contribution in [2.45, 2.75) is 11.3 Å². The van der Waals surface area contributed by atoms with Gasteiger partial charge in [-0.15, -0.1) is 0 Å². The van der Waals surface area contributed by atoms with Crippen molar-refractivity contribution in [2.75, 3.05) is 19.7 Å². The molecule has 2 rings (SSSR count). The average Bonchev–Trinajstić information content (AvgIpc) is 2.81. The lowest BCUT2D eigenvalue weighted by Gasteiger charge is -2.16. The quantitative estimate of drug-likeness (QED) is 0.822. The maximum atomic E-state index is 12.2. The predicted molar refractivity (Wildman–Crippen MR) is 66.0 cm³/mol. The SMILES string of the molecule is O=c1[nH]cc(S(=O)(=O)N2CCC(CO)C2)cc1Cl. The van der Waals surface area contributed by atoms with Gasteiger partial charge in [0.25, 0.3) is 5.56 Å². The summed E-state index contributed by atoms with van der Waals surface area (Å²) in [6, 6.07) is 1.14. The van der Waals surface area contributed by atoms with Crippen molar-refractivity contribution in [1.82, 2.24) is 9.29 Å². The van der Waals surface area contributed by atoms with Gasteiger partial charge in [0, 0.05) is 25.9 Å². The van der Waals surface area contributed by atoms with Crippen LogP contribution in [0.25, 0.3) is 0 Å². The molecule has 8 heteroatoms. The molecule has 1 unspecified atom stereocenters. The van der Waals surface area contributed by atoms with Crippen molar-refractivity contribution in [3.8, 4) is 0 Å². The van der Waals surface area contributed by atoms with Crippen molar-refractivity contribution in [2.24, 2.45) is 5.92 Å². The molecule has 0 aromatic carbocycles. The number of sulfonamides is 1. The van der Waals surface area contributed by atoms with Gasteiger partial charge in [-0.2, -0.15) is 4.31 Å². The lowest BCUT2D eigenvalue weighted by atomic mass is 10.1. The van der Waals surface area contributed by atoms with Gasteiger partial charge < -0.3 is 10.1 Å². The van der Waals surface area contributed by atoms with Gasteiger partial charge in [0.1, 0.15) is 5.02 Å². The average molecular weight is 293 g/mol. The Balaban J connectivity index is 2.31. The lowest BCUT2D eigenvalue weighted by molar-refractivity contribution is 0.233. The molecule has 1 atom stereocenters. The Morgan fingerprint density at radius 1 is 1.56 bits per heavy atom. The molecule has 1 aromatic rings. The van der Waals surface area contributed by atoms with Gasteiger partial charge in [-0.1, -0.05) is 11.6 Å². The van der Waals surface area contributed by atoms with E-state index in [0.717, 1.165) is 12.3 Å². The highest BCUT2D eigenvalue weighted by Crippen LogP contribution is 2.24. The fraction of sp³-hybridized carbons (Fsp3) is 0.500. The zero-order valence-corrected chi connectivity index (χ0v) is 11.0. The van der Waals surface area contributed by atoms with Crippen LogP contribution in [0.4, 0.5) is 0 Å². The molecule has 2 heterocycles. The summed E-state index contributed by atoms with van der Waals surface area (Å²) in [5.41, 5.74) is -0.523. The van der Waals surface area contributed by atoms with Crippen LogP contribution in [0.1, 0.15) is 6.42 Å². The normalized spacial score (nSPS) is 21.3. The monoisotopic (exact) mass is 292 g/mol. The van der Waals surface area contributed by atoms with Crippen molar-refractivity contribution < 1.29 is 13.5 Å².